The first-order valence-corrected chi connectivity index (χ1v) is 3.92. The maximum absolute atomic E-state index is 5.24. The molecule has 1 rings (SSSR count). The van der Waals surface area contributed by atoms with Crippen molar-refractivity contribution in [2.45, 2.75) is 20.8 Å². The van der Waals surface area contributed by atoms with Gasteiger partial charge < -0.3 is 4.74 Å². The second kappa shape index (κ2) is 3.22. The molecule has 0 saturated carbocycles. The first kappa shape index (κ1) is 8.54. The van der Waals surface area contributed by atoms with Crippen molar-refractivity contribution in [2.75, 3.05) is 7.11 Å². The van der Waals surface area contributed by atoms with E-state index in [9.17, 15) is 0 Å². The molecule has 0 fully saturated rings. The van der Waals surface area contributed by atoms with Gasteiger partial charge in [-0.2, -0.15) is 0 Å². The lowest BCUT2D eigenvalue weighted by Gasteiger charge is -2.23. The molecule has 1 aliphatic carbocycles. The molecule has 0 aliphatic heterocycles. The smallest absolute Gasteiger partial charge is 0.126 e. The minimum atomic E-state index is 0.448. The monoisotopic (exact) mass is 151 g/mol. The summed E-state index contributed by atoms with van der Waals surface area (Å²) in [5.74, 6) is 0.448. The molecular weight excluding hydrogens is 136 g/mol. The molecule has 0 N–H and O–H groups in total. The van der Waals surface area contributed by atoms with Crippen molar-refractivity contribution < 1.29 is 4.74 Å². The zero-order chi connectivity index (χ0) is 8.43. The number of allylic oxidation sites excluding steroid dienone is 2. The quantitative estimate of drug-likeness (QED) is 0.560. The van der Waals surface area contributed by atoms with Crippen LogP contribution in [-0.2, 0) is 4.74 Å². The van der Waals surface area contributed by atoms with E-state index in [-0.39, 0.29) is 0 Å². The Morgan fingerprint density at radius 3 is 2.45 bits per heavy atom. The van der Waals surface area contributed by atoms with Crippen LogP contribution in [0.25, 0.3) is 0 Å². The van der Waals surface area contributed by atoms with E-state index in [4.69, 9.17) is 4.74 Å². The first-order valence-electron chi connectivity index (χ1n) is 3.92. The zero-order valence-electron chi connectivity index (χ0n) is 7.64. The standard InChI is InChI=1S/C10H15O/c1-7-5-8(2)9(3)10(6-7)11-4/h5-6,9H,1-4H3. The average molecular weight is 151 g/mol. The van der Waals surface area contributed by atoms with Crippen molar-refractivity contribution in [1.82, 2.24) is 0 Å². The van der Waals surface area contributed by atoms with Crippen LogP contribution in [0.4, 0.5) is 0 Å². The van der Waals surface area contributed by atoms with Crippen LogP contribution in [0.1, 0.15) is 20.8 Å². The normalized spacial score (nSPS) is 26.4. The van der Waals surface area contributed by atoms with E-state index in [0.29, 0.717) is 5.92 Å². The minimum Gasteiger partial charge on any atom is -0.370 e. The summed E-state index contributed by atoms with van der Waals surface area (Å²) < 4.78 is 5.24. The molecule has 0 aromatic rings. The Morgan fingerprint density at radius 2 is 1.91 bits per heavy atom. The molecular formula is C10H15O. The van der Waals surface area contributed by atoms with E-state index < -0.39 is 0 Å². The van der Waals surface area contributed by atoms with E-state index in [1.54, 1.807) is 7.11 Å². The fourth-order valence-electron chi connectivity index (χ4n) is 1.34. The third-order valence-electron chi connectivity index (χ3n) is 2.17. The van der Waals surface area contributed by atoms with Gasteiger partial charge in [0.05, 0.1) is 0 Å². The van der Waals surface area contributed by atoms with Crippen molar-refractivity contribution >= 4 is 0 Å². The molecule has 61 valence electrons. The van der Waals surface area contributed by atoms with Crippen molar-refractivity contribution in [3.05, 3.63) is 29.4 Å². The lowest BCUT2D eigenvalue weighted by Crippen LogP contribution is -2.13. The number of rotatable bonds is 1. The van der Waals surface area contributed by atoms with Gasteiger partial charge in [-0.25, -0.2) is 0 Å². The summed E-state index contributed by atoms with van der Waals surface area (Å²) in [5, 5.41) is 0. The summed E-state index contributed by atoms with van der Waals surface area (Å²) in [6, 6.07) is 0. The Bertz CT molecular complexity index is 201. The average Bonchev–Trinajstić information content (AvgIpc) is 1.96. The van der Waals surface area contributed by atoms with Crippen LogP contribution in [0.2, 0.25) is 0 Å². The number of ether oxygens (including phenoxy) is 1. The SMILES string of the molecule is CO[C]1C=C(C)C=C(C)C1C. The van der Waals surface area contributed by atoms with Gasteiger partial charge in [0.1, 0.15) is 6.10 Å². The number of methoxy groups -OCH3 is 1. The molecule has 0 amide bonds. The molecule has 1 nitrogen and oxygen atoms in total. The lowest BCUT2D eigenvalue weighted by molar-refractivity contribution is 0.199. The summed E-state index contributed by atoms with van der Waals surface area (Å²) in [7, 11) is 1.73. The molecule has 0 heterocycles. The molecule has 0 spiro atoms. The van der Waals surface area contributed by atoms with Crippen LogP contribution in [-0.4, -0.2) is 7.11 Å². The topological polar surface area (TPSA) is 9.23 Å². The highest BCUT2D eigenvalue weighted by Gasteiger charge is 2.20. The molecule has 1 aliphatic rings. The third-order valence-corrected chi connectivity index (χ3v) is 2.17. The maximum atomic E-state index is 5.24. The van der Waals surface area contributed by atoms with E-state index in [1.165, 1.54) is 11.1 Å². The minimum absolute atomic E-state index is 0.448. The van der Waals surface area contributed by atoms with E-state index in [1.807, 2.05) is 0 Å². The van der Waals surface area contributed by atoms with E-state index >= 15 is 0 Å². The summed E-state index contributed by atoms with van der Waals surface area (Å²) in [5.41, 5.74) is 2.65. The second-order valence-corrected chi connectivity index (χ2v) is 3.10. The van der Waals surface area contributed by atoms with Crippen LogP contribution in [0, 0.1) is 12.0 Å². The summed E-state index contributed by atoms with van der Waals surface area (Å²) in [4.78, 5) is 0. The summed E-state index contributed by atoms with van der Waals surface area (Å²) in [6.45, 7) is 6.39. The Hall–Kier alpha value is -0.560. The third kappa shape index (κ3) is 1.72. The highest BCUT2D eigenvalue weighted by molar-refractivity contribution is 5.34. The van der Waals surface area contributed by atoms with Gasteiger partial charge in [0.25, 0.3) is 0 Å². The Labute approximate surface area is 68.8 Å². The molecule has 0 bridgehead atoms. The molecule has 1 heteroatoms. The van der Waals surface area contributed by atoms with Gasteiger partial charge in [-0.15, -0.1) is 0 Å². The van der Waals surface area contributed by atoms with Crippen LogP contribution in [0.15, 0.2) is 23.3 Å². The predicted molar refractivity (Wildman–Crippen MR) is 46.9 cm³/mol. The van der Waals surface area contributed by atoms with Crippen molar-refractivity contribution in [3.63, 3.8) is 0 Å². The molecule has 0 aromatic carbocycles. The fraction of sp³-hybridized carbons (Fsp3) is 0.500. The van der Waals surface area contributed by atoms with Gasteiger partial charge in [0.15, 0.2) is 0 Å². The van der Waals surface area contributed by atoms with Gasteiger partial charge >= 0.3 is 0 Å². The Balaban J connectivity index is 2.81. The Morgan fingerprint density at radius 1 is 1.27 bits per heavy atom. The van der Waals surface area contributed by atoms with Gasteiger partial charge in [-0.3, -0.25) is 0 Å². The van der Waals surface area contributed by atoms with Crippen LogP contribution in [0.3, 0.4) is 0 Å². The lowest BCUT2D eigenvalue weighted by atomic mass is 9.89. The predicted octanol–water partition coefficient (Wildman–Crippen LogP) is 2.71. The van der Waals surface area contributed by atoms with Gasteiger partial charge in [-0.1, -0.05) is 24.1 Å². The van der Waals surface area contributed by atoms with Crippen LogP contribution >= 0.6 is 0 Å². The maximum Gasteiger partial charge on any atom is 0.126 e. The molecule has 1 atom stereocenters. The largest absolute Gasteiger partial charge is 0.370 e. The van der Waals surface area contributed by atoms with E-state index in [2.05, 4.69) is 32.9 Å². The van der Waals surface area contributed by atoms with Gasteiger partial charge in [0.2, 0.25) is 0 Å². The summed E-state index contributed by atoms with van der Waals surface area (Å²) >= 11 is 0. The highest BCUT2D eigenvalue weighted by atomic mass is 16.5. The Kier molecular flexibility index (Phi) is 2.50. The second-order valence-electron chi connectivity index (χ2n) is 3.10. The van der Waals surface area contributed by atoms with E-state index in [0.717, 1.165) is 6.10 Å². The van der Waals surface area contributed by atoms with Gasteiger partial charge in [-0.05, 0) is 19.9 Å². The van der Waals surface area contributed by atoms with Gasteiger partial charge in [0, 0.05) is 13.0 Å². The molecule has 1 radical (unpaired) electrons. The molecule has 1 unspecified atom stereocenters. The highest BCUT2D eigenvalue weighted by Crippen LogP contribution is 2.30. The van der Waals surface area contributed by atoms with Crippen molar-refractivity contribution in [3.8, 4) is 0 Å². The number of hydrogen-bond donors (Lipinski definition) is 0. The molecule has 0 saturated heterocycles. The molecule has 11 heavy (non-hydrogen) atoms. The van der Waals surface area contributed by atoms with Crippen molar-refractivity contribution in [1.29, 1.82) is 0 Å². The summed E-state index contributed by atoms with van der Waals surface area (Å²) in [6.07, 6.45) is 5.37. The fourth-order valence-corrected chi connectivity index (χ4v) is 1.34. The first-order chi connectivity index (χ1) is 5.15. The number of hydrogen-bond acceptors (Lipinski definition) is 1. The molecule has 0 aromatic heterocycles. The van der Waals surface area contributed by atoms with Crippen LogP contribution in [0.5, 0.6) is 0 Å². The van der Waals surface area contributed by atoms with Crippen LogP contribution < -0.4 is 0 Å². The zero-order valence-corrected chi connectivity index (χ0v) is 7.64. The van der Waals surface area contributed by atoms with Crippen molar-refractivity contribution in [2.24, 2.45) is 5.92 Å².